The van der Waals surface area contributed by atoms with Crippen molar-refractivity contribution in [1.82, 2.24) is 15.0 Å². The molecule has 27 heavy (non-hydrogen) atoms. The van der Waals surface area contributed by atoms with Crippen LogP contribution in [0, 0.1) is 5.82 Å². The number of halogens is 2. The average Bonchev–Trinajstić information content (AvgIpc) is 3.33. The lowest BCUT2D eigenvalue weighted by Gasteiger charge is -2.22. The van der Waals surface area contributed by atoms with Crippen molar-refractivity contribution in [1.29, 1.82) is 0 Å². The number of anilines is 1. The normalized spacial score (nSPS) is 16.5. The monoisotopic (exact) mass is 386 g/mol. The average molecular weight is 387 g/mol. The van der Waals surface area contributed by atoms with Crippen LogP contribution in [0.4, 0.5) is 14.9 Å². The maximum Gasteiger partial charge on any atom is 0.322 e. The second-order valence-corrected chi connectivity index (χ2v) is 6.69. The van der Waals surface area contributed by atoms with Crippen molar-refractivity contribution in [3.05, 3.63) is 65.3 Å². The molecule has 4 rings (SSSR count). The molecule has 1 aliphatic rings. The Balaban J connectivity index is 1.51. The first-order valence-electron chi connectivity index (χ1n) is 8.53. The van der Waals surface area contributed by atoms with Crippen molar-refractivity contribution < 1.29 is 13.7 Å². The number of carbonyl (C=O) groups is 1. The van der Waals surface area contributed by atoms with Gasteiger partial charge in [-0.25, -0.2) is 9.18 Å². The summed E-state index contributed by atoms with van der Waals surface area (Å²) in [5.74, 6) is 0.274. The first kappa shape index (κ1) is 17.5. The van der Waals surface area contributed by atoms with E-state index in [0.29, 0.717) is 34.5 Å². The van der Waals surface area contributed by atoms with Gasteiger partial charge in [0, 0.05) is 22.8 Å². The number of nitrogens with one attached hydrogen (secondary N) is 1. The molecule has 1 saturated heterocycles. The SMILES string of the molecule is O=C(Nc1ccc(Cl)cc1)N1CCC[C@H]1c1nc(-c2cccc(F)c2)no1. The second kappa shape index (κ2) is 7.36. The van der Waals surface area contributed by atoms with Crippen LogP contribution in [0.5, 0.6) is 0 Å². The van der Waals surface area contributed by atoms with E-state index in [-0.39, 0.29) is 17.9 Å². The number of amides is 2. The standard InChI is InChI=1S/C19H16ClFN4O2/c20-13-6-8-15(9-7-13)22-19(26)25-10-2-5-16(25)18-23-17(24-27-18)12-3-1-4-14(21)11-12/h1,3-4,6-9,11,16H,2,5,10H2,(H,22,26)/t16-/m0/s1. The van der Waals surface area contributed by atoms with Crippen molar-refractivity contribution in [2.45, 2.75) is 18.9 Å². The molecule has 6 nitrogen and oxygen atoms in total. The summed E-state index contributed by atoms with van der Waals surface area (Å²) in [5, 5.41) is 7.38. The molecular formula is C19H16ClFN4O2. The number of likely N-dealkylation sites (tertiary alicyclic amines) is 1. The quantitative estimate of drug-likeness (QED) is 0.695. The molecule has 1 fully saturated rings. The van der Waals surface area contributed by atoms with E-state index >= 15 is 0 Å². The number of hydrogen-bond donors (Lipinski definition) is 1. The highest BCUT2D eigenvalue weighted by Gasteiger charge is 2.34. The minimum Gasteiger partial charge on any atom is -0.337 e. The largest absolute Gasteiger partial charge is 0.337 e. The fourth-order valence-electron chi connectivity index (χ4n) is 3.11. The molecule has 2 heterocycles. The Hall–Kier alpha value is -2.93. The molecule has 8 heteroatoms. The van der Waals surface area contributed by atoms with Crippen LogP contribution in [-0.4, -0.2) is 27.6 Å². The summed E-state index contributed by atoms with van der Waals surface area (Å²) >= 11 is 5.87. The zero-order valence-electron chi connectivity index (χ0n) is 14.2. The number of aromatic nitrogens is 2. The molecule has 0 spiro atoms. The third-order valence-electron chi connectivity index (χ3n) is 4.42. The van der Waals surface area contributed by atoms with E-state index < -0.39 is 0 Å². The first-order valence-corrected chi connectivity index (χ1v) is 8.91. The molecular weight excluding hydrogens is 371 g/mol. The van der Waals surface area contributed by atoms with Gasteiger partial charge in [-0.1, -0.05) is 28.9 Å². The first-order chi connectivity index (χ1) is 13.1. The summed E-state index contributed by atoms with van der Waals surface area (Å²) < 4.78 is 18.8. The van der Waals surface area contributed by atoms with Gasteiger partial charge in [-0.3, -0.25) is 0 Å². The van der Waals surface area contributed by atoms with Gasteiger partial charge in [0.2, 0.25) is 11.7 Å². The van der Waals surface area contributed by atoms with E-state index in [4.69, 9.17) is 16.1 Å². The summed E-state index contributed by atoms with van der Waals surface area (Å²) in [4.78, 5) is 18.7. The molecule has 2 aromatic carbocycles. The van der Waals surface area contributed by atoms with Crippen LogP contribution >= 0.6 is 11.6 Å². The number of rotatable bonds is 3. The summed E-state index contributed by atoms with van der Waals surface area (Å²) in [7, 11) is 0. The van der Waals surface area contributed by atoms with Crippen LogP contribution in [0.25, 0.3) is 11.4 Å². The van der Waals surface area contributed by atoms with Crippen molar-refractivity contribution in [3.63, 3.8) is 0 Å². The highest BCUT2D eigenvalue weighted by molar-refractivity contribution is 6.30. The van der Waals surface area contributed by atoms with Gasteiger partial charge in [0.05, 0.1) is 0 Å². The summed E-state index contributed by atoms with van der Waals surface area (Å²) in [6.07, 6.45) is 1.55. The van der Waals surface area contributed by atoms with E-state index in [1.807, 2.05) is 0 Å². The molecule has 1 aromatic heterocycles. The van der Waals surface area contributed by atoms with Crippen molar-refractivity contribution >= 4 is 23.3 Å². The van der Waals surface area contributed by atoms with Gasteiger partial charge in [0.15, 0.2) is 0 Å². The van der Waals surface area contributed by atoms with Crippen LogP contribution < -0.4 is 5.32 Å². The minimum atomic E-state index is -0.372. The Bertz CT molecular complexity index is 960. The molecule has 0 bridgehead atoms. The lowest BCUT2D eigenvalue weighted by Crippen LogP contribution is -2.34. The molecule has 1 aliphatic heterocycles. The maximum atomic E-state index is 13.4. The Morgan fingerprint density at radius 2 is 2.07 bits per heavy atom. The van der Waals surface area contributed by atoms with Crippen molar-refractivity contribution in [2.24, 2.45) is 0 Å². The Morgan fingerprint density at radius 3 is 2.85 bits per heavy atom. The predicted molar refractivity (Wildman–Crippen MR) is 98.8 cm³/mol. The lowest BCUT2D eigenvalue weighted by atomic mass is 10.2. The second-order valence-electron chi connectivity index (χ2n) is 6.26. The summed E-state index contributed by atoms with van der Waals surface area (Å²) in [6, 6.07) is 12.3. The van der Waals surface area contributed by atoms with Gasteiger partial charge < -0.3 is 14.7 Å². The number of hydrogen-bond acceptors (Lipinski definition) is 4. The Morgan fingerprint density at radius 1 is 1.26 bits per heavy atom. The smallest absolute Gasteiger partial charge is 0.322 e. The van der Waals surface area contributed by atoms with E-state index in [9.17, 15) is 9.18 Å². The molecule has 138 valence electrons. The van der Waals surface area contributed by atoms with Gasteiger partial charge in [0.25, 0.3) is 0 Å². The predicted octanol–water partition coefficient (Wildman–Crippen LogP) is 4.90. The van der Waals surface area contributed by atoms with E-state index in [0.717, 1.165) is 12.8 Å². The maximum absolute atomic E-state index is 13.4. The Kier molecular flexibility index (Phi) is 4.77. The van der Waals surface area contributed by atoms with Crippen LogP contribution in [0.15, 0.2) is 53.1 Å². The van der Waals surface area contributed by atoms with Gasteiger partial charge in [0.1, 0.15) is 11.9 Å². The van der Waals surface area contributed by atoms with Crippen LogP contribution in [0.3, 0.4) is 0 Å². The number of urea groups is 1. The van der Waals surface area contributed by atoms with E-state index in [1.54, 1.807) is 41.3 Å². The van der Waals surface area contributed by atoms with Crippen LogP contribution in [-0.2, 0) is 0 Å². The fourth-order valence-corrected chi connectivity index (χ4v) is 3.24. The lowest BCUT2D eigenvalue weighted by molar-refractivity contribution is 0.193. The van der Waals surface area contributed by atoms with E-state index in [1.165, 1.54) is 12.1 Å². The van der Waals surface area contributed by atoms with Crippen molar-refractivity contribution in [2.75, 3.05) is 11.9 Å². The molecule has 2 amide bonds. The van der Waals surface area contributed by atoms with E-state index in [2.05, 4.69) is 15.5 Å². The van der Waals surface area contributed by atoms with Crippen LogP contribution in [0.1, 0.15) is 24.8 Å². The minimum absolute atomic E-state index is 0.245. The molecule has 3 aromatic rings. The third-order valence-corrected chi connectivity index (χ3v) is 4.67. The molecule has 0 saturated carbocycles. The van der Waals surface area contributed by atoms with Gasteiger partial charge in [-0.2, -0.15) is 4.98 Å². The molecule has 1 N–H and O–H groups in total. The van der Waals surface area contributed by atoms with Gasteiger partial charge >= 0.3 is 6.03 Å². The highest BCUT2D eigenvalue weighted by atomic mass is 35.5. The topological polar surface area (TPSA) is 71.3 Å². The third kappa shape index (κ3) is 3.78. The molecule has 0 unspecified atom stereocenters. The van der Waals surface area contributed by atoms with Crippen molar-refractivity contribution in [3.8, 4) is 11.4 Å². The number of carbonyl (C=O) groups excluding carboxylic acids is 1. The summed E-state index contributed by atoms with van der Waals surface area (Å²) in [6.45, 7) is 0.585. The van der Waals surface area contributed by atoms with Gasteiger partial charge in [-0.05, 0) is 49.2 Å². The number of nitrogens with zero attached hydrogens (tertiary/aromatic N) is 3. The van der Waals surface area contributed by atoms with Crippen LogP contribution in [0.2, 0.25) is 5.02 Å². The Labute approximate surface area is 159 Å². The zero-order chi connectivity index (χ0) is 18.8. The molecule has 1 atom stereocenters. The summed E-state index contributed by atoms with van der Waals surface area (Å²) in [5.41, 5.74) is 1.18. The fraction of sp³-hybridized carbons (Fsp3) is 0.211. The number of benzene rings is 2. The molecule has 0 aliphatic carbocycles. The highest BCUT2D eigenvalue weighted by Crippen LogP contribution is 2.32. The van der Waals surface area contributed by atoms with Gasteiger partial charge in [-0.15, -0.1) is 0 Å². The molecule has 0 radical (unpaired) electrons. The zero-order valence-corrected chi connectivity index (χ0v) is 15.0.